The van der Waals surface area contributed by atoms with Crippen molar-refractivity contribution in [2.45, 2.75) is 0 Å². The van der Waals surface area contributed by atoms with Gasteiger partial charge in [0.05, 0.1) is 5.97 Å². The first-order valence-corrected chi connectivity index (χ1v) is 4.46. The van der Waals surface area contributed by atoms with Crippen LogP contribution in [0.5, 0.6) is 0 Å². The molecule has 2 aromatic carbocycles. The Balaban J connectivity index is 0.00000112. The second kappa shape index (κ2) is 4.94. The minimum atomic E-state index is -1.17. The fraction of sp³-hybridized carbons (Fsp3) is 0. The third-order valence-electron chi connectivity index (χ3n) is 2.06. The van der Waals surface area contributed by atoms with Gasteiger partial charge in [0.25, 0.3) is 0 Å². The molecule has 0 aliphatic heterocycles. The standard InChI is InChI=1S/C11H7ClO2.Tl/c12-10-3-1-2-7-6-8(11(13)14)4-5-9(7)10;/h1-6H,(H,13,14);/q;+1/p-1. The number of carboxylic acid groups (broad SMARTS) is 1. The monoisotopic (exact) mass is 410 g/mol. The number of benzene rings is 2. The third-order valence-corrected chi connectivity index (χ3v) is 2.39. The Labute approximate surface area is 112 Å². The Morgan fingerprint density at radius 3 is 2.60 bits per heavy atom. The van der Waals surface area contributed by atoms with Gasteiger partial charge in [-0.2, -0.15) is 0 Å². The molecule has 0 N–H and O–H groups in total. The zero-order chi connectivity index (χ0) is 10.1. The van der Waals surface area contributed by atoms with Gasteiger partial charge in [-0.3, -0.25) is 0 Å². The van der Waals surface area contributed by atoms with Crippen molar-refractivity contribution in [3.8, 4) is 0 Å². The van der Waals surface area contributed by atoms with Gasteiger partial charge in [-0.1, -0.05) is 35.9 Å². The molecule has 0 aliphatic rings. The van der Waals surface area contributed by atoms with Crippen molar-refractivity contribution in [1.82, 2.24) is 0 Å². The number of aromatic carboxylic acids is 1. The summed E-state index contributed by atoms with van der Waals surface area (Å²) in [5, 5.41) is 12.9. The Bertz CT molecular complexity index is 511. The first kappa shape index (κ1) is 12.5. The molecule has 0 bridgehead atoms. The van der Waals surface area contributed by atoms with Crippen LogP contribution in [0.4, 0.5) is 0 Å². The van der Waals surface area contributed by atoms with Gasteiger partial charge in [-0.05, 0) is 23.1 Å². The van der Waals surface area contributed by atoms with Gasteiger partial charge < -0.3 is 9.90 Å². The average molecular weight is 410 g/mol. The molecular formula is C11H6ClO2Tl. The molecule has 0 spiro atoms. The third kappa shape index (κ3) is 2.49. The molecule has 0 radical (unpaired) electrons. The summed E-state index contributed by atoms with van der Waals surface area (Å²) >= 11 is 5.93. The average Bonchev–Trinajstić information content (AvgIpc) is 2.17. The SMILES string of the molecule is O=C([O-])c1ccc2c(Cl)cccc2c1.[Tl+]. The zero-order valence-electron chi connectivity index (χ0n) is 7.74. The van der Waals surface area contributed by atoms with Crippen LogP contribution in [0.3, 0.4) is 0 Å². The Hall–Kier alpha value is -0.618. The fourth-order valence-electron chi connectivity index (χ4n) is 1.37. The Morgan fingerprint density at radius 2 is 1.93 bits per heavy atom. The maximum absolute atomic E-state index is 10.6. The second-order valence-electron chi connectivity index (χ2n) is 2.96. The van der Waals surface area contributed by atoms with Crippen molar-refractivity contribution in [3.63, 3.8) is 0 Å². The van der Waals surface area contributed by atoms with E-state index in [0.29, 0.717) is 5.02 Å². The number of carbonyl (C=O) groups is 1. The number of hydrogen-bond acceptors (Lipinski definition) is 2. The van der Waals surface area contributed by atoms with Crippen LogP contribution in [0, 0.1) is 0 Å². The van der Waals surface area contributed by atoms with Crippen molar-refractivity contribution in [2.24, 2.45) is 0 Å². The van der Waals surface area contributed by atoms with Crippen LogP contribution in [0.2, 0.25) is 5.02 Å². The second-order valence-corrected chi connectivity index (χ2v) is 3.37. The van der Waals surface area contributed by atoms with Gasteiger partial charge in [0.15, 0.2) is 0 Å². The molecule has 0 aromatic heterocycles. The van der Waals surface area contributed by atoms with Crippen molar-refractivity contribution in [2.75, 3.05) is 0 Å². The normalized spacial score (nSPS) is 9.67. The predicted octanol–water partition coefficient (Wildman–Crippen LogP) is 1.48. The molecule has 15 heavy (non-hydrogen) atoms. The number of halogens is 1. The summed E-state index contributed by atoms with van der Waals surface area (Å²) in [5.74, 6) is -1.17. The topological polar surface area (TPSA) is 40.1 Å². The van der Waals surface area contributed by atoms with E-state index in [4.69, 9.17) is 11.6 Å². The number of fused-ring (bicyclic) bond motifs is 1. The van der Waals surface area contributed by atoms with E-state index < -0.39 is 5.97 Å². The molecule has 0 unspecified atom stereocenters. The Kier molecular flexibility index (Phi) is 4.10. The molecule has 0 aliphatic carbocycles. The first-order valence-electron chi connectivity index (χ1n) is 4.08. The van der Waals surface area contributed by atoms with Gasteiger partial charge in [-0.15, -0.1) is 0 Å². The number of carbonyl (C=O) groups excluding carboxylic acids is 1. The molecule has 2 rings (SSSR count). The molecule has 4 heteroatoms. The van der Waals surface area contributed by atoms with E-state index in [0.717, 1.165) is 10.8 Å². The minimum Gasteiger partial charge on any atom is -0.545 e. The maximum atomic E-state index is 10.6. The molecule has 0 fully saturated rings. The smallest absolute Gasteiger partial charge is 0.545 e. The molecule has 0 saturated heterocycles. The number of hydrogen-bond donors (Lipinski definition) is 0. The summed E-state index contributed by atoms with van der Waals surface area (Å²) in [6.45, 7) is 0. The summed E-state index contributed by atoms with van der Waals surface area (Å²) in [7, 11) is 0. The van der Waals surface area contributed by atoms with E-state index in [9.17, 15) is 9.90 Å². The summed E-state index contributed by atoms with van der Waals surface area (Å²) in [4.78, 5) is 10.6. The molecule has 2 nitrogen and oxygen atoms in total. The van der Waals surface area contributed by atoms with Crippen molar-refractivity contribution in [1.29, 1.82) is 0 Å². The van der Waals surface area contributed by atoms with Crippen LogP contribution in [-0.4, -0.2) is 33.3 Å². The Morgan fingerprint density at radius 1 is 1.20 bits per heavy atom. The van der Waals surface area contributed by atoms with Crippen LogP contribution >= 0.6 is 11.6 Å². The molecule has 72 valence electrons. The van der Waals surface area contributed by atoms with Gasteiger partial charge >= 0.3 is 27.3 Å². The first-order chi connectivity index (χ1) is 6.68. The van der Waals surface area contributed by atoms with E-state index in [1.165, 1.54) is 6.07 Å². The zero-order valence-corrected chi connectivity index (χ0v) is 13.0. The van der Waals surface area contributed by atoms with Crippen LogP contribution in [0.1, 0.15) is 10.4 Å². The quantitative estimate of drug-likeness (QED) is 0.669. The number of rotatable bonds is 1. The minimum absolute atomic E-state index is 0. The summed E-state index contributed by atoms with van der Waals surface area (Å²) in [6.07, 6.45) is 0. The number of carboxylic acids is 1. The van der Waals surface area contributed by atoms with Crippen LogP contribution < -0.4 is 5.11 Å². The summed E-state index contributed by atoms with van der Waals surface area (Å²) in [6, 6.07) is 10.1. The van der Waals surface area contributed by atoms with Crippen molar-refractivity contribution >= 4 is 55.6 Å². The predicted molar refractivity (Wildman–Crippen MR) is 59.0 cm³/mol. The van der Waals surface area contributed by atoms with Crippen molar-refractivity contribution < 1.29 is 9.90 Å². The largest absolute Gasteiger partial charge is 1.00 e. The molecule has 0 saturated carbocycles. The summed E-state index contributed by atoms with van der Waals surface area (Å²) < 4.78 is 0. The van der Waals surface area contributed by atoms with Gasteiger partial charge in [0.2, 0.25) is 0 Å². The fourth-order valence-corrected chi connectivity index (χ4v) is 1.62. The van der Waals surface area contributed by atoms with Gasteiger partial charge in [-0.25, -0.2) is 0 Å². The molecule has 0 heterocycles. The van der Waals surface area contributed by atoms with E-state index in [1.807, 2.05) is 6.07 Å². The van der Waals surface area contributed by atoms with Gasteiger partial charge in [0, 0.05) is 10.4 Å². The van der Waals surface area contributed by atoms with Crippen LogP contribution in [-0.2, 0) is 0 Å². The molecule has 0 atom stereocenters. The summed E-state index contributed by atoms with van der Waals surface area (Å²) in [5.41, 5.74) is 0.166. The van der Waals surface area contributed by atoms with Gasteiger partial charge in [0.1, 0.15) is 0 Å². The van der Waals surface area contributed by atoms with Crippen LogP contribution in [0.15, 0.2) is 36.4 Å². The van der Waals surface area contributed by atoms with Crippen LogP contribution in [0.25, 0.3) is 10.8 Å². The molecule has 2 aromatic rings. The van der Waals surface area contributed by atoms with E-state index in [2.05, 4.69) is 0 Å². The molecule has 0 amide bonds. The maximum Gasteiger partial charge on any atom is 1.00 e. The van der Waals surface area contributed by atoms with E-state index in [-0.39, 0.29) is 32.9 Å². The van der Waals surface area contributed by atoms with Crippen molar-refractivity contribution in [3.05, 3.63) is 47.0 Å². The molecular weight excluding hydrogens is 404 g/mol. The van der Waals surface area contributed by atoms with E-state index >= 15 is 0 Å². The van der Waals surface area contributed by atoms with E-state index in [1.54, 1.807) is 24.3 Å².